The molecule has 1 saturated heterocycles. The lowest BCUT2D eigenvalue weighted by Crippen LogP contribution is -2.52. The second-order valence-corrected chi connectivity index (χ2v) is 5.38. The third-order valence-electron chi connectivity index (χ3n) is 3.67. The van der Waals surface area contributed by atoms with E-state index in [0.29, 0.717) is 5.11 Å². The summed E-state index contributed by atoms with van der Waals surface area (Å²) in [6.07, 6.45) is 5.85. The first-order valence-electron chi connectivity index (χ1n) is 6.34. The van der Waals surface area contributed by atoms with Crippen LogP contribution in [0, 0.1) is 5.82 Å². The molecule has 1 aromatic carbocycles. The minimum Gasteiger partial charge on any atom is -0.342 e. The van der Waals surface area contributed by atoms with Gasteiger partial charge in [0.05, 0.1) is 5.69 Å². The zero-order valence-electron chi connectivity index (χ0n) is 10.1. The lowest BCUT2D eigenvalue weighted by atomic mass is 9.90. The summed E-state index contributed by atoms with van der Waals surface area (Å²) < 4.78 is 12.9. The monoisotopic (exact) mass is 265 g/mol. The van der Waals surface area contributed by atoms with Gasteiger partial charge in [0, 0.05) is 0 Å². The Bertz CT molecular complexity index is 454. The van der Waals surface area contributed by atoms with Gasteiger partial charge < -0.3 is 5.32 Å². The molecule has 3 rings (SSSR count). The number of anilines is 1. The van der Waals surface area contributed by atoms with Gasteiger partial charge in [-0.25, -0.2) is 9.82 Å². The van der Waals surface area contributed by atoms with Crippen LogP contribution in [0.1, 0.15) is 32.1 Å². The Morgan fingerprint density at radius 1 is 1.11 bits per heavy atom. The molecule has 2 N–H and O–H groups in total. The van der Waals surface area contributed by atoms with Gasteiger partial charge in [-0.05, 0) is 62.2 Å². The summed E-state index contributed by atoms with van der Waals surface area (Å²) in [6, 6.07) is 6.37. The van der Waals surface area contributed by atoms with Crippen LogP contribution in [-0.2, 0) is 0 Å². The van der Waals surface area contributed by atoms with Crippen molar-refractivity contribution in [3.63, 3.8) is 0 Å². The van der Waals surface area contributed by atoms with E-state index in [4.69, 9.17) is 12.2 Å². The Balaban J connectivity index is 1.82. The molecule has 1 aliphatic carbocycles. The van der Waals surface area contributed by atoms with E-state index in [1.807, 2.05) is 5.01 Å². The molecule has 2 fully saturated rings. The summed E-state index contributed by atoms with van der Waals surface area (Å²) >= 11 is 5.37. The van der Waals surface area contributed by atoms with E-state index in [0.717, 1.165) is 18.5 Å². The summed E-state index contributed by atoms with van der Waals surface area (Å²) in [5, 5.41) is 5.90. The van der Waals surface area contributed by atoms with E-state index in [1.54, 1.807) is 12.1 Å². The number of benzene rings is 1. The fourth-order valence-corrected chi connectivity index (χ4v) is 3.06. The summed E-state index contributed by atoms with van der Waals surface area (Å²) in [5.41, 5.74) is 4.23. The predicted octanol–water partition coefficient (Wildman–Crippen LogP) is 2.69. The summed E-state index contributed by atoms with van der Waals surface area (Å²) in [5.74, 6) is -0.232. The standard InChI is InChI=1S/C13H16FN3S/c14-10-4-6-11(7-5-10)17-12(18)15-13(16-17)8-2-1-3-9-13/h4-7,16H,1-3,8-9H2,(H,15,18). The lowest BCUT2D eigenvalue weighted by Gasteiger charge is -2.33. The normalized spacial score (nSPS) is 22.3. The topological polar surface area (TPSA) is 27.3 Å². The molecule has 0 atom stereocenters. The van der Waals surface area contributed by atoms with E-state index in [-0.39, 0.29) is 11.5 Å². The fourth-order valence-electron chi connectivity index (χ4n) is 2.72. The molecule has 5 heteroatoms. The van der Waals surface area contributed by atoms with E-state index in [1.165, 1.54) is 31.4 Å². The van der Waals surface area contributed by atoms with Crippen LogP contribution in [0.3, 0.4) is 0 Å². The molecule has 0 amide bonds. The van der Waals surface area contributed by atoms with Crippen LogP contribution in [-0.4, -0.2) is 10.8 Å². The van der Waals surface area contributed by atoms with Crippen molar-refractivity contribution in [1.29, 1.82) is 0 Å². The van der Waals surface area contributed by atoms with Gasteiger partial charge >= 0.3 is 0 Å². The van der Waals surface area contributed by atoms with Crippen LogP contribution < -0.4 is 15.8 Å². The van der Waals surface area contributed by atoms with E-state index in [9.17, 15) is 4.39 Å². The van der Waals surface area contributed by atoms with Crippen molar-refractivity contribution in [2.45, 2.75) is 37.8 Å². The van der Waals surface area contributed by atoms with Gasteiger partial charge in [-0.15, -0.1) is 0 Å². The first kappa shape index (κ1) is 11.9. The van der Waals surface area contributed by atoms with Crippen LogP contribution in [0.5, 0.6) is 0 Å². The predicted molar refractivity (Wildman–Crippen MR) is 73.6 cm³/mol. The maximum Gasteiger partial charge on any atom is 0.189 e. The third-order valence-corrected chi connectivity index (χ3v) is 3.95. The van der Waals surface area contributed by atoms with Gasteiger partial charge in [0.25, 0.3) is 0 Å². The Labute approximate surface area is 111 Å². The molecule has 1 aromatic rings. The van der Waals surface area contributed by atoms with Crippen LogP contribution >= 0.6 is 12.2 Å². The quantitative estimate of drug-likeness (QED) is 0.763. The van der Waals surface area contributed by atoms with E-state index < -0.39 is 0 Å². The molecular formula is C13H16FN3S. The summed E-state index contributed by atoms with van der Waals surface area (Å²) in [6.45, 7) is 0. The second kappa shape index (κ2) is 4.48. The summed E-state index contributed by atoms with van der Waals surface area (Å²) in [7, 11) is 0. The van der Waals surface area contributed by atoms with E-state index >= 15 is 0 Å². The smallest absolute Gasteiger partial charge is 0.189 e. The molecule has 0 radical (unpaired) electrons. The molecule has 1 heterocycles. The number of hydrazine groups is 1. The number of hydrogen-bond donors (Lipinski definition) is 2. The Morgan fingerprint density at radius 2 is 1.78 bits per heavy atom. The number of hydrogen-bond acceptors (Lipinski definition) is 2. The van der Waals surface area contributed by atoms with Gasteiger partial charge in [-0.2, -0.15) is 0 Å². The highest BCUT2D eigenvalue weighted by Crippen LogP contribution is 2.31. The van der Waals surface area contributed by atoms with Crippen LogP contribution in [0.15, 0.2) is 24.3 Å². The third kappa shape index (κ3) is 2.08. The number of nitrogens with zero attached hydrogens (tertiary/aromatic N) is 1. The lowest BCUT2D eigenvalue weighted by molar-refractivity contribution is 0.238. The zero-order chi connectivity index (χ0) is 12.6. The first-order valence-corrected chi connectivity index (χ1v) is 6.75. The highest BCUT2D eigenvalue weighted by atomic mass is 32.1. The second-order valence-electron chi connectivity index (χ2n) is 5.00. The number of nitrogens with one attached hydrogen (secondary N) is 2. The first-order chi connectivity index (χ1) is 8.69. The molecule has 0 bridgehead atoms. The number of thiocarbonyl (C=S) groups is 1. The van der Waals surface area contributed by atoms with Crippen molar-refractivity contribution in [3.8, 4) is 0 Å². The fraction of sp³-hybridized carbons (Fsp3) is 0.462. The van der Waals surface area contributed by atoms with Crippen molar-refractivity contribution in [2.24, 2.45) is 0 Å². The average molecular weight is 265 g/mol. The van der Waals surface area contributed by atoms with Crippen LogP contribution in [0.25, 0.3) is 0 Å². The Kier molecular flexibility index (Phi) is 2.95. The number of halogens is 1. The average Bonchev–Trinajstić information content (AvgIpc) is 2.68. The van der Waals surface area contributed by atoms with Gasteiger partial charge in [0.2, 0.25) is 0 Å². The van der Waals surface area contributed by atoms with Crippen molar-refractivity contribution >= 4 is 23.0 Å². The Hall–Kier alpha value is -1.20. The molecule has 96 valence electrons. The zero-order valence-corrected chi connectivity index (χ0v) is 10.9. The minimum absolute atomic E-state index is 0.0935. The molecule has 2 aliphatic rings. The molecule has 18 heavy (non-hydrogen) atoms. The van der Waals surface area contributed by atoms with Crippen molar-refractivity contribution in [3.05, 3.63) is 30.1 Å². The van der Waals surface area contributed by atoms with Gasteiger partial charge in [-0.1, -0.05) is 6.42 Å². The van der Waals surface area contributed by atoms with Gasteiger partial charge in [-0.3, -0.25) is 5.01 Å². The summed E-state index contributed by atoms with van der Waals surface area (Å²) in [4.78, 5) is 0. The van der Waals surface area contributed by atoms with Gasteiger partial charge in [0.15, 0.2) is 5.11 Å². The highest BCUT2D eigenvalue weighted by Gasteiger charge is 2.41. The van der Waals surface area contributed by atoms with Crippen LogP contribution in [0.2, 0.25) is 0 Å². The Morgan fingerprint density at radius 3 is 2.44 bits per heavy atom. The highest BCUT2D eigenvalue weighted by molar-refractivity contribution is 7.80. The van der Waals surface area contributed by atoms with Gasteiger partial charge in [0.1, 0.15) is 11.5 Å². The molecule has 3 nitrogen and oxygen atoms in total. The maximum absolute atomic E-state index is 12.9. The van der Waals surface area contributed by atoms with Crippen molar-refractivity contribution < 1.29 is 4.39 Å². The molecule has 1 aliphatic heterocycles. The minimum atomic E-state index is -0.232. The number of rotatable bonds is 1. The molecule has 0 aromatic heterocycles. The van der Waals surface area contributed by atoms with E-state index in [2.05, 4.69) is 10.7 Å². The molecular weight excluding hydrogens is 249 g/mol. The van der Waals surface area contributed by atoms with Crippen molar-refractivity contribution in [1.82, 2.24) is 10.7 Å². The van der Waals surface area contributed by atoms with Crippen molar-refractivity contribution in [2.75, 3.05) is 5.01 Å². The SMILES string of the molecule is Fc1ccc(N2NC3(CCCCC3)NC2=S)cc1. The molecule has 0 unspecified atom stereocenters. The maximum atomic E-state index is 12.9. The van der Waals surface area contributed by atoms with Crippen LogP contribution in [0.4, 0.5) is 10.1 Å². The largest absolute Gasteiger partial charge is 0.342 e. The molecule has 1 spiro atoms. The molecule has 1 saturated carbocycles.